The second kappa shape index (κ2) is 6.70. The molecular weight excluding hydrogens is 355 g/mol. The predicted octanol–water partition coefficient (Wildman–Crippen LogP) is 3.16. The summed E-state index contributed by atoms with van der Waals surface area (Å²) in [5, 5.41) is 7.92. The maximum absolute atomic E-state index is 7.92. The van der Waals surface area contributed by atoms with Gasteiger partial charge in [0.2, 0.25) is 11.8 Å². The van der Waals surface area contributed by atoms with Crippen molar-refractivity contribution in [3.8, 4) is 0 Å². The number of hydrogen-bond acceptors (Lipinski definition) is 4. The quantitative estimate of drug-likeness (QED) is 0.505. The molecule has 1 unspecified atom stereocenters. The molecule has 2 rings (SSSR count). The van der Waals surface area contributed by atoms with Crippen molar-refractivity contribution in [2.75, 3.05) is 7.11 Å². The van der Waals surface area contributed by atoms with Crippen molar-refractivity contribution < 1.29 is 9.47 Å². The molecule has 1 heterocycles. The summed E-state index contributed by atoms with van der Waals surface area (Å²) < 4.78 is 11.7. The normalized spacial score (nSPS) is 17.8. The number of benzene rings is 1. The summed E-state index contributed by atoms with van der Waals surface area (Å²) >= 11 is 2.26. The number of hydrogen-bond donors (Lipinski definition) is 1. The van der Waals surface area contributed by atoms with Crippen LogP contribution in [0.2, 0.25) is 0 Å². The van der Waals surface area contributed by atoms with Gasteiger partial charge < -0.3 is 9.47 Å². The van der Waals surface area contributed by atoms with Gasteiger partial charge in [0, 0.05) is 3.57 Å². The molecule has 1 N–H and O–H groups in total. The zero-order valence-electron chi connectivity index (χ0n) is 10.6. The first-order valence-corrected chi connectivity index (χ1v) is 7.01. The summed E-state index contributed by atoms with van der Waals surface area (Å²) in [7, 11) is 1.57. The summed E-state index contributed by atoms with van der Waals surface area (Å²) in [6, 6.07) is 7.77. The molecule has 0 radical (unpaired) electrons. The minimum absolute atomic E-state index is 0.178. The Labute approximate surface area is 126 Å². The van der Waals surface area contributed by atoms with Crippen molar-refractivity contribution in [1.29, 1.82) is 5.41 Å². The molecule has 0 amide bonds. The Morgan fingerprint density at radius 2 is 2.16 bits per heavy atom. The standard InChI is InChI=1S/C14H15IN2O2/c1-18-13-4-2-3-12(17-13)14(16)19-9-10-5-7-11(15)8-6-10/h2,4-8,12,16H,3,9H2,1H3. The van der Waals surface area contributed by atoms with Crippen molar-refractivity contribution in [2.24, 2.45) is 4.99 Å². The molecule has 0 fully saturated rings. The van der Waals surface area contributed by atoms with Crippen molar-refractivity contribution in [1.82, 2.24) is 0 Å². The number of nitrogens with one attached hydrogen (secondary N) is 1. The third-order valence-corrected chi connectivity index (χ3v) is 3.44. The number of methoxy groups -OCH3 is 1. The van der Waals surface area contributed by atoms with E-state index in [1.165, 1.54) is 3.57 Å². The molecule has 0 saturated heterocycles. The van der Waals surface area contributed by atoms with Gasteiger partial charge in [0.15, 0.2) is 0 Å². The Kier molecular flexibility index (Phi) is 4.95. The van der Waals surface area contributed by atoms with Crippen molar-refractivity contribution in [2.45, 2.75) is 19.1 Å². The van der Waals surface area contributed by atoms with E-state index in [9.17, 15) is 0 Å². The van der Waals surface area contributed by atoms with Crippen LogP contribution in [0.5, 0.6) is 0 Å². The van der Waals surface area contributed by atoms with E-state index >= 15 is 0 Å². The minimum atomic E-state index is -0.274. The lowest BCUT2D eigenvalue weighted by molar-refractivity contribution is 0.274. The van der Waals surface area contributed by atoms with Gasteiger partial charge in [-0.1, -0.05) is 18.2 Å². The third-order valence-electron chi connectivity index (χ3n) is 2.72. The Morgan fingerprint density at radius 3 is 2.84 bits per heavy atom. The zero-order chi connectivity index (χ0) is 13.7. The fourth-order valence-corrected chi connectivity index (χ4v) is 2.03. The van der Waals surface area contributed by atoms with Crippen LogP contribution < -0.4 is 0 Å². The van der Waals surface area contributed by atoms with Gasteiger partial charge in [-0.15, -0.1) is 0 Å². The predicted molar refractivity (Wildman–Crippen MR) is 83.7 cm³/mol. The molecule has 0 saturated carbocycles. The molecule has 19 heavy (non-hydrogen) atoms. The maximum atomic E-state index is 7.92. The SMILES string of the molecule is COC1=NC(C(=N)OCc2ccc(I)cc2)CC=C1. The van der Waals surface area contributed by atoms with Crippen molar-refractivity contribution in [3.05, 3.63) is 45.6 Å². The van der Waals surface area contributed by atoms with Crippen LogP contribution in [-0.2, 0) is 16.1 Å². The van der Waals surface area contributed by atoms with Crippen molar-refractivity contribution in [3.63, 3.8) is 0 Å². The zero-order valence-corrected chi connectivity index (χ0v) is 12.8. The van der Waals surface area contributed by atoms with Crippen molar-refractivity contribution >= 4 is 34.4 Å². The Morgan fingerprint density at radius 1 is 1.42 bits per heavy atom. The average molecular weight is 370 g/mol. The van der Waals surface area contributed by atoms with Gasteiger partial charge >= 0.3 is 0 Å². The van der Waals surface area contributed by atoms with Gasteiger partial charge in [-0.2, -0.15) is 0 Å². The number of aliphatic imine (C=N–C) groups is 1. The maximum Gasteiger partial charge on any atom is 0.208 e. The second-order valence-corrected chi connectivity index (χ2v) is 5.35. The van der Waals surface area contributed by atoms with Crippen LogP contribution in [0.1, 0.15) is 12.0 Å². The number of rotatable bonds is 3. The summed E-state index contributed by atoms with van der Waals surface area (Å²) in [6.45, 7) is 0.397. The van der Waals surface area contributed by atoms with Crippen LogP contribution in [0.3, 0.4) is 0 Å². The number of halogens is 1. The van der Waals surface area contributed by atoms with E-state index in [-0.39, 0.29) is 11.9 Å². The highest BCUT2D eigenvalue weighted by molar-refractivity contribution is 14.1. The average Bonchev–Trinajstić information content (AvgIpc) is 2.46. The molecular formula is C14H15IN2O2. The molecule has 0 aromatic heterocycles. The Hall–Kier alpha value is -1.37. The van der Waals surface area contributed by atoms with E-state index < -0.39 is 0 Å². The molecule has 4 nitrogen and oxygen atoms in total. The monoisotopic (exact) mass is 370 g/mol. The van der Waals surface area contributed by atoms with Gasteiger partial charge in [0.25, 0.3) is 0 Å². The van der Waals surface area contributed by atoms with Gasteiger partial charge in [-0.25, -0.2) is 4.99 Å². The molecule has 1 aliphatic rings. The van der Waals surface area contributed by atoms with Gasteiger partial charge in [0.05, 0.1) is 7.11 Å². The van der Waals surface area contributed by atoms with E-state index in [2.05, 4.69) is 27.6 Å². The topological polar surface area (TPSA) is 54.7 Å². The van der Waals surface area contributed by atoms with Crippen LogP contribution in [0.15, 0.2) is 41.4 Å². The molecule has 1 aromatic carbocycles. The van der Waals surface area contributed by atoms with E-state index in [1.54, 1.807) is 7.11 Å². The lowest BCUT2D eigenvalue weighted by Crippen LogP contribution is -2.24. The molecule has 5 heteroatoms. The smallest absolute Gasteiger partial charge is 0.208 e. The van der Waals surface area contributed by atoms with Gasteiger partial charge in [0.1, 0.15) is 12.6 Å². The first-order valence-electron chi connectivity index (χ1n) is 5.93. The fraction of sp³-hybridized carbons (Fsp3) is 0.286. The molecule has 1 aliphatic heterocycles. The molecule has 0 spiro atoms. The van der Waals surface area contributed by atoms with Crippen LogP contribution in [0.25, 0.3) is 0 Å². The Balaban J connectivity index is 1.89. The number of dihydropyridines is 1. The molecule has 0 bridgehead atoms. The molecule has 1 atom stereocenters. The molecule has 0 aliphatic carbocycles. The summed E-state index contributed by atoms with van der Waals surface area (Å²) in [5.41, 5.74) is 1.05. The summed E-state index contributed by atoms with van der Waals surface area (Å²) in [5.74, 6) is 0.719. The van der Waals surface area contributed by atoms with E-state index in [0.29, 0.717) is 18.9 Å². The lowest BCUT2D eigenvalue weighted by Gasteiger charge is -2.17. The highest BCUT2D eigenvalue weighted by Gasteiger charge is 2.17. The summed E-state index contributed by atoms with van der Waals surface area (Å²) in [6.07, 6.45) is 4.43. The van der Waals surface area contributed by atoms with Crippen LogP contribution >= 0.6 is 22.6 Å². The number of nitrogens with zero attached hydrogens (tertiary/aromatic N) is 1. The van der Waals surface area contributed by atoms with Crippen LogP contribution in [0, 0.1) is 8.98 Å². The van der Waals surface area contributed by atoms with E-state index in [4.69, 9.17) is 14.9 Å². The first-order chi connectivity index (χ1) is 9.19. The first kappa shape index (κ1) is 14.0. The second-order valence-electron chi connectivity index (χ2n) is 4.10. The lowest BCUT2D eigenvalue weighted by atomic mass is 10.1. The number of ether oxygens (including phenoxy) is 2. The largest absolute Gasteiger partial charge is 0.481 e. The summed E-state index contributed by atoms with van der Waals surface area (Å²) in [4.78, 5) is 4.28. The highest BCUT2D eigenvalue weighted by Crippen LogP contribution is 2.12. The molecule has 100 valence electrons. The minimum Gasteiger partial charge on any atom is -0.481 e. The third kappa shape index (κ3) is 4.05. The molecule has 1 aromatic rings. The van der Waals surface area contributed by atoms with E-state index in [0.717, 1.165) is 5.56 Å². The Bertz CT molecular complexity index is 509. The van der Waals surface area contributed by atoms with Gasteiger partial charge in [-0.05, 0) is 52.8 Å². The van der Waals surface area contributed by atoms with Crippen LogP contribution in [0.4, 0.5) is 0 Å². The van der Waals surface area contributed by atoms with E-state index in [1.807, 2.05) is 36.4 Å². The fourth-order valence-electron chi connectivity index (χ4n) is 1.67. The highest BCUT2D eigenvalue weighted by atomic mass is 127. The van der Waals surface area contributed by atoms with Crippen LogP contribution in [-0.4, -0.2) is 24.9 Å². The van der Waals surface area contributed by atoms with Gasteiger partial charge in [-0.3, -0.25) is 5.41 Å².